The van der Waals surface area contributed by atoms with Crippen molar-refractivity contribution in [3.05, 3.63) is 0 Å². The fraction of sp³-hybridized carbons (Fsp3) is 1.00. The van der Waals surface area contributed by atoms with Gasteiger partial charge in [0.25, 0.3) is 0 Å². The fourth-order valence-electron chi connectivity index (χ4n) is 4.16. The van der Waals surface area contributed by atoms with Crippen molar-refractivity contribution in [1.29, 1.82) is 0 Å². The predicted octanol–water partition coefficient (Wildman–Crippen LogP) is 2.69. The molecule has 3 unspecified atom stereocenters. The first-order chi connectivity index (χ1) is 9.81. The number of rotatable bonds is 4. The second-order valence-corrected chi connectivity index (χ2v) is 8.00. The summed E-state index contributed by atoms with van der Waals surface area (Å²) in [7, 11) is 2.15. The van der Waals surface area contributed by atoms with Crippen molar-refractivity contribution in [2.24, 2.45) is 11.8 Å². The molecule has 3 aliphatic heterocycles. The standard InChI is InChI=1S/C16H29NO2S/c1-17-15(10-13-3-8-20-9-4-13)14-2-6-19-16(11-14)5-7-18-12-16/h13-15,17H,2-12H2,1H3. The van der Waals surface area contributed by atoms with Crippen LogP contribution in [0, 0.1) is 11.8 Å². The van der Waals surface area contributed by atoms with Crippen LogP contribution in [0.2, 0.25) is 0 Å². The minimum atomic E-state index is 0.0560. The molecular weight excluding hydrogens is 270 g/mol. The first-order valence-electron chi connectivity index (χ1n) is 8.28. The van der Waals surface area contributed by atoms with Crippen LogP contribution in [-0.2, 0) is 9.47 Å². The Kier molecular flexibility index (Phi) is 5.29. The molecule has 1 N–H and O–H groups in total. The molecule has 3 fully saturated rings. The van der Waals surface area contributed by atoms with Crippen LogP contribution in [-0.4, -0.2) is 50.0 Å². The van der Waals surface area contributed by atoms with Gasteiger partial charge in [0.1, 0.15) is 0 Å². The van der Waals surface area contributed by atoms with E-state index in [0.717, 1.165) is 38.1 Å². The minimum Gasteiger partial charge on any atom is -0.378 e. The van der Waals surface area contributed by atoms with Crippen molar-refractivity contribution in [3.63, 3.8) is 0 Å². The highest BCUT2D eigenvalue weighted by molar-refractivity contribution is 7.99. The molecule has 0 radical (unpaired) electrons. The highest BCUT2D eigenvalue weighted by atomic mass is 32.2. The van der Waals surface area contributed by atoms with E-state index in [2.05, 4.69) is 24.1 Å². The Labute approximate surface area is 127 Å². The van der Waals surface area contributed by atoms with Gasteiger partial charge in [-0.15, -0.1) is 0 Å². The van der Waals surface area contributed by atoms with Crippen LogP contribution >= 0.6 is 11.8 Å². The lowest BCUT2D eigenvalue weighted by atomic mass is 9.78. The Morgan fingerprint density at radius 2 is 2.10 bits per heavy atom. The normalized spacial score (nSPS) is 37.4. The number of hydrogen-bond acceptors (Lipinski definition) is 4. The number of nitrogens with one attached hydrogen (secondary N) is 1. The van der Waals surface area contributed by atoms with Crippen molar-refractivity contribution in [2.75, 3.05) is 38.4 Å². The zero-order valence-electron chi connectivity index (χ0n) is 12.7. The summed E-state index contributed by atoms with van der Waals surface area (Å²) in [6.45, 7) is 2.63. The van der Waals surface area contributed by atoms with Crippen LogP contribution in [0.1, 0.15) is 38.5 Å². The van der Waals surface area contributed by atoms with E-state index in [0.29, 0.717) is 6.04 Å². The smallest absolute Gasteiger partial charge is 0.0939 e. The first kappa shape index (κ1) is 15.1. The predicted molar refractivity (Wildman–Crippen MR) is 84.4 cm³/mol. The third kappa shape index (κ3) is 3.52. The van der Waals surface area contributed by atoms with Gasteiger partial charge in [0, 0.05) is 25.7 Å². The average molecular weight is 299 g/mol. The molecular formula is C16H29NO2S. The third-order valence-electron chi connectivity index (χ3n) is 5.47. The van der Waals surface area contributed by atoms with E-state index in [-0.39, 0.29) is 5.60 Å². The SMILES string of the molecule is CNC(CC1CCSCC1)C1CCOC2(CCOC2)C1. The second-order valence-electron chi connectivity index (χ2n) is 6.77. The zero-order chi connectivity index (χ0) is 13.8. The van der Waals surface area contributed by atoms with Crippen molar-refractivity contribution in [3.8, 4) is 0 Å². The van der Waals surface area contributed by atoms with E-state index < -0.39 is 0 Å². The molecule has 0 aromatic heterocycles. The minimum absolute atomic E-state index is 0.0560. The molecule has 20 heavy (non-hydrogen) atoms. The lowest BCUT2D eigenvalue weighted by Gasteiger charge is -2.41. The van der Waals surface area contributed by atoms with Gasteiger partial charge in [-0.3, -0.25) is 0 Å². The summed E-state index contributed by atoms with van der Waals surface area (Å²) < 4.78 is 11.7. The molecule has 3 heterocycles. The van der Waals surface area contributed by atoms with Gasteiger partial charge in [-0.05, 0) is 62.5 Å². The number of hydrogen-bond donors (Lipinski definition) is 1. The topological polar surface area (TPSA) is 30.5 Å². The molecule has 3 nitrogen and oxygen atoms in total. The Morgan fingerprint density at radius 1 is 1.25 bits per heavy atom. The summed E-state index contributed by atoms with van der Waals surface area (Å²) in [5.41, 5.74) is 0.0560. The largest absolute Gasteiger partial charge is 0.378 e. The molecule has 0 saturated carbocycles. The second kappa shape index (κ2) is 6.99. The lowest BCUT2D eigenvalue weighted by Crippen LogP contribution is -2.47. The van der Waals surface area contributed by atoms with Crippen LogP contribution in [0.5, 0.6) is 0 Å². The maximum atomic E-state index is 6.09. The zero-order valence-corrected chi connectivity index (χ0v) is 13.6. The number of thioether (sulfide) groups is 1. The molecule has 0 amide bonds. The molecule has 4 heteroatoms. The van der Waals surface area contributed by atoms with Gasteiger partial charge in [-0.1, -0.05) is 0 Å². The summed E-state index contributed by atoms with van der Waals surface area (Å²) in [6.07, 6.45) is 7.70. The monoisotopic (exact) mass is 299 g/mol. The Bertz CT molecular complexity index is 301. The van der Waals surface area contributed by atoms with E-state index in [9.17, 15) is 0 Å². The van der Waals surface area contributed by atoms with E-state index >= 15 is 0 Å². The molecule has 116 valence electrons. The Balaban J connectivity index is 1.57. The van der Waals surface area contributed by atoms with E-state index in [1.165, 1.54) is 43.6 Å². The molecule has 3 rings (SSSR count). The Hall–Kier alpha value is 0.230. The lowest BCUT2D eigenvalue weighted by molar-refractivity contribution is -0.103. The van der Waals surface area contributed by atoms with Gasteiger partial charge >= 0.3 is 0 Å². The van der Waals surface area contributed by atoms with Crippen molar-refractivity contribution < 1.29 is 9.47 Å². The summed E-state index contributed by atoms with van der Waals surface area (Å²) in [5.74, 6) is 4.44. The molecule has 1 spiro atoms. The first-order valence-corrected chi connectivity index (χ1v) is 9.43. The Morgan fingerprint density at radius 3 is 2.80 bits per heavy atom. The number of ether oxygens (including phenoxy) is 2. The maximum Gasteiger partial charge on any atom is 0.0939 e. The fourth-order valence-corrected chi connectivity index (χ4v) is 5.36. The van der Waals surface area contributed by atoms with Gasteiger partial charge in [-0.2, -0.15) is 11.8 Å². The molecule has 0 aliphatic carbocycles. The van der Waals surface area contributed by atoms with Crippen LogP contribution < -0.4 is 5.32 Å². The van der Waals surface area contributed by atoms with Gasteiger partial charge < -0.3 is 14.8 Å². The van der Waals surface area contributed by atoms with Crippen molar-refractivity contribution in [1.82, 2.24) is 5.32 Å². The van der Waals surface area contributed by atoms with Crippen LogP contribution in [0.15, 0.2) is 0 Å². The molecule has 3 atom stereocenters. The molecule has 0 aromatic carbocycles. The third-order valence-corrected chi connectivity index (χ3v) is 6.51. The van der Waals surface area contributed by atoms with Gasteiger partial charge in [0.05, 0.1) is 12.2 Å². The average Bonchev–Trinajstić information content (AvgIpc) is 2.93. The van der Waals surface area contributed by atoms with Gasteiger partial charge in [0.15, 0.2) is 0 Å². The quantitative estimate of drug-likeness (QED) is 0.864. The summed E-state index contributed by atoms with van der Waals surface area (Å²) in [6, 6.07) is 0.671. The van der Waals surface area contributed by atoms with Crippen molar-refractivity contribution >= 4 is 11.8 Å². The van der Waals surface area contributed by atoms with Gasteiger partial charge in [-0.25, -0.2) is 0 Å². The maximum absolute atomic E-state index is 6.09. The summed E-state index contributed by atoms with van der Waals surface area (Å²) >= 11 is 2.13. The van der Waals surface area contributed by atoms with Gasteiger partial charge in [0.2, 0.25) is 0 Å². The van der Waals surface area contributed by atoms with Crippen LogP contribution in [0.25, 0.3) is 0 Å². The summed E-state index contributed by atoms with van der Waals surface area (Å²) in [5, 5.41) is 3.62. The summed E-state index contributed by atoms with van der Waals surface area (Å²) in [4.78, 5) is 0. The molecule has 3 saturated heterocycles. The van der Waals surface area contributed by atoms with Crippen LogP contribution in [0.3, 0.4) is 0 Å². The molecule has 3 aliphatic rings. The van der Waals surface area contributed by atoms with Crippen molar-refractivity contribution in [2.45, 2.75) is 50.2 Å². The highest BCUT2D eigenvalue weighted by Gasteiger charge is 2.43. The van der Waals surface area contributed by atoms with E-state index in [1.54, 1.807) is 0 Å². The molecule has 0 bridgehead atoms. The van der Waals surface area contributed by atoms with Crippen LogP contribution in [0.4, 0.5) is 0 Å². The van der Waals surface area contributed by atoms with E-state index in [4.69, 9.17) is 9.47 Å². The highest BCUT2D eigenvalue weighted by Crippen LogP contribution is 2.39. The molecule has 0 aromatic rings. The van der Waals surface area contributed by atoms with E-state index in [1.807, 2.05) is 0 Å².